The maximum atomic E-state index is 11.4. The highest BCUT2D eigenvalue weighted by Crippen LogP contribution is 2.24. The Hall–Kier alpha value is -2.03. The largest absolute Gasteiger partial charge is 0.490 e. The average Bonchev–Trinajstić information content (AvgIpc) is 2.63. The second-order valence-electron chi connectivity index (χ2n) is 3.81. The zero-order valence-corrected chi connectivity index (χ0v) is 9.84. The van der Waals surface area contributed by atoms with Gasteiger partial charge in [0, 0.05) is 5.57 Å². The van der Waals surface area contributed by atoms with Gasteiger partial charge in [0.05, 0.1) is 7.11 Å². The summed E-state index contributed by atoms with van der Waals surface area (Å²) in [6.45, 7) is 1.84. The molecule has 0 aliphatic carbocycles. The molecule has 0 aromatic heterocycles. The third-order valence-corrected chi connectivity index (χ3v) is 2.67. The van der Waals surface area contributed by atoms with Crippen LogP contribution in [0.3, 0.4) is 0 Å². The molecule has 0 saturated heterocycles. The molecule has 1 aliphatic heterocycles. The fraction of sp³-hybridized carbons (Fsp3) is 0.214. The molecule has 88 valence electrons. The average molecular weight is 230 g/mol. The summed E-state index contributed by atoms with van der Waals surface area (Å²) < 4.78 is 10.2. The molecule has 1 atom stereocenters. The van der Waals surface area contributed by atoms with Crippen molar-refractivity contribution >= 4 is 12.0 Å². The summed E-state index contributed by atoms with van der Waals surface area (Å²) in [5.41, 5.74) is 1.88. The van der Waals surface area contributed by atoms with Crippen LogP contribution in [0.25, 0.3) is 6.08 Å². The van der Waals surface area contributed by atoms with Gasteiger partial charge in [0.2, 0.25) is 5.76 Å². The SMILES string of the molecule is COC1=C(C)C(C=Cc2ccccc2)OC1=O. The monoisotopic (exact) mass is 230 g/mol. The molecule has 0 fully saturated rings. The van der Waals surface area contributed by atoms with E-state index in [1.807, 2.05) is 49.4 Å². The van der Waals surface area contributed by atoms with E-state index >= 15 is 0 Å². The Morgan fingerprint density at radius 1 is 1.29 bits per heavy atom. The zero-order valence-electron chi connectivity index (χ0n) is 9.84. The fourth-order valence-corrected chi connectivity index (χ4v) is 1.74. The van der Waals surface area contributed by atoms with Gasteiger partial charge in [-0.25, -0.2) is 4.79 Å². The maximum Gasteiger partial charge on any atom is 0.374 e. The summed E-state index contributed by atoms with van der Waals surface area (Å²) in [6, 6.07) is 9.86. The van der Waals surface area contributed by atoms with Crippen molar-refractivity contribution in [1.82, 2.24) is 0 Å². The number of hydrogen-bond acceptors (Lipinski definition) is 3. The first kappa shape index (κ1) is 11.5. The lowest BCUT2D eigenvalue weighted by Gasteiger charge is -2.04. The third kappa shape index (κ3) is 2.38. The van der Waals surface area contributed by atoms with Gasteiger partial charge in [0.25, 0.3) is 0 Å². The number of hydrogen-bond donors (Lipinski definition) is 0. The molecule has 3 nitrogen and oxygen atoms in total. The van der Waals surface area contributed by atoms with Crippen molar-refractivity contribution in [2.45, 2.75) is 13.0 Å². The molecule has 0 bridgehead atoms. The second kappa shape index (κ2) is 4.87. The Kier molecular flexibility index (Phi) is 3.28. The summed E-state index contributed by atoms with van der Waals surface area (Å²) in [6.07, 6.45) is 3.46. The number of carbonyl (C=O) groups is 1. The summed E-state index contributed by atoms with van der Waals surface area (Å²) in [7, 11) is 1.48. The number of benzene rings is 1. The van der Waals surface area contributed by atoms with Crippen LogP contribution in [0.1, 0.15) is 12.5 Å². The van der Waals surface area contributed by atoms with Gasteiger partial charge in [-0.3, -0.25) is 0 Å². The first-order chi connectivity index (χ1) is 8.22. The maximum absolute atomic E-state index is 11.4. The molecule has 0 spiro atoms. The van der Waals surface area contributed by atoms with Gasteiger partial charge in [-0.05, 0) is 18.6 Å². The van der Waals surface area contributed by atoms with Gasteiger partial charge in [-0.15, -0.1) is 0 Å². The standard InChI is InChI=1S/C14H14O3/c1-10-12(17-14(15)13(10)16-2)9-8-11-6-4-3-5-7-11/h3-9,12H,1-2H3. The Bertz CT molecular complexity index is 472. The Morgan fingerprint density at radius 3 is 2.59 bits per heavy atom. The Balaban J connectivity index is 2.14. The fourth-order valence-electron chi connectivity index (χ4n) is 1.74. The van der Waals surface area contributed by atoms with E-state index in [1.165, 1.54) is 7.11 Å². The van der Waals surface area contributed by atoms with Crippen LogP contribution in [0.15, 0.2) is 47.7 Å². The van der Waals surface area contributed by atoms with Crippen molar-refractivity contribution in [3.8, 4) is 0 Å². The number of carbonyl (C=O) groups excluding carboxylic acids is 1. The van der Waals surface area contributed by atoms with Crippen molar-refractivity contribution in [3.05, 3.63) is 53.3 Å². The predicted octanol–water partition coefficient (Wildman–Crippen LogP) is 2.55. The highest BCUT2D eigenvalue weighted by molar-refractivity contribution is 5.90. The molecule has 0 saturated carbocycles. The molecule has 1 aromatic rings. The highest BCUT2D eigenvalue weighted by atomic mass is 16.6. The van der Waals surface area contributed by atoms with Crippen molar-refractivity contribution < 1.29 is 14.3 Å². The molecule has 3 heteroatoms. The van der Waals surface area contributed by atoms with Gasteiger partial charge in [-0.1, -0.05) is 36.4 Å². The van der Waals surface area contributed by atoms with Crippen molar-refractivity contribution in [3.63, 3.8) is 0 Å². The van der Waals surface area contributed by atoms with Crippen LogP contribution in [0.4, 0.5) is 0 Å². The summed E-state index contributed by atoms with van der Waals surface area (Å²) in [5, 5.41) is 0. The summed E-state index contributed by atoms with van der Waals surface area (Å²) >= 11 is 0. The Morgan fingerprint density at radius 2 is 2.00 bits per heavy atom. The minimum absolute atomic E-state index is 0.313. The Labute approximate surface area is 100 Å². The van der Waals surface area contributed by atoms with E-state index in [0.29, 0.717) is 5.76 Å². The van der Waals surface area contributed by atoms with Gasteiger partial charge in [0.15, 0.2) is 0 Å². The van der Waals surface area contributed by atoms with Crippen molar-refractivity contribution in [2.75, 3.05) is 7.11 Å². The van der Waals surface area contributed by atoms with Crippen molar-refractivity contribution in [2.24, 2.45) is 0 Å². The molecule has 1 aromatic carbocycles. The number of cyclic esters (lactones) is 1. The second-order valence-corrected chi connectivity index (χ2v) is 3.81. The van der Waals surface area contributed by atoms with E-state index in [2.05, 4.69) is 0 Å². The van der Waals surface area contributed by atoms with Crippen LogP contribution >= 0.6 is 0 Å². The van der Waals surface area contributed by atoms with Crippen LogP contribution in [0.2, 0.25) is 0 Å². The number of ether oxygens (including phenoxy) is 2. The lowest BCUT2D eigenvalue weighted by atomic mass is 10.1. The van der Waals surface area contributed by atoms with Crippen LogP contribution < -0.4 is 0 Å². The van der Waals surface area contributed by atoms with E-state index in [4.69, 9.17) is 9.47 Å². The predicted molar refractivity (Wildman–Crippen MR) is 65.1 cm³/mol. The molecule has 2 rings (SSSR count). The van der Waals surface area contributed by atoms with Crippen LogP contribution in [0.5, 0.6) is 0 Å². The normalized spacial score (nSPS) is 19.9. The molecule has 0 radical (unpaired) electrons. The van der Waals surface area contributed by atoms with E-state index < -0.39 is 5.97 Å². The van der Waals surface area contributed by atoms with Crippen LogP contribution in [-0.2, 0) is 14.3 Å². The van der Waals surface area contributed by atoms with E-state index in [1.54, 1.807) is 0 Å². The molecular formula is C14H14O3. The van der Waals surface area contributed by atoms with Crippen molar-refractivity contribution in [1.29, 1.82) is 0 Å². The lowest BCUT2D eigenvalue weighted by molar-refractivity contribution is -0.141. The molecule has 17 heavy (non-hydrogen) atoms. The van der Waals surface area contributed by atoms with Crippen LogP contribution in [-0.4, -0.2) is 19.2 Å². The number of methoxy groups -OCH3 is 1. The lowest BCUT2D eigenvalue weighted by Crippen LogP contribution is -2.06. The minimum Gasteiger partial charge on any atom is -0.490 e. The zero-order chi connectivity index (χ0) is 12.3. The topological polar surface area (TPSA) is 35.5 Å². The van der Waals surface area contributed by atoms with E-state index in [9.17, 15) is 4.79 Å². The molecule has 1 heterocycles. The van der Waals surface area contributed by atoms with E-state index in [-0.39, 0.29) is 6.10 Å². The first-order valence-corrected chi connectivity index (χ1v) is 5.41. The van der Waals surface area contributed by atoms with Gasteiger partial charge in [0.1, 0.15) is 6.10 Å². The summed E-state index contributed by atoms with van der Waals surface area (Å²) in [5.74, 6) is -0.0829. The molecule has 0 N–H and O–H groups in total. The molecule has 1 unspecified atom stereocenters. The summed E-state index contributed by atoms with van der Waals surface area (Å²) in [4.78, 5) is 11.4. The minimum atomic E-state index is -0.396. The third-order valence-electron chi connectivity index (χ3n) is 2.67. The van der Waals surface area contributed by atoms with E-state index in [0.717, 1.165) is 11.1 Å². The first-order valence-electron chi connectivity index (χ1n) is 5.41. The van der Waals surface area contributed by atoms with Crippen LogP contribution in [0, 0.1) is 0 Å². The molecule has 1 aliphatic rings. The highest BCUT2D eigenvalue weighted by Gasteiger charge is 2.30. The van der Waals surface area contributed by atoms with Gasteiger partial charge < -0.3 is 9.47 Å². The number of rotatable bonds is 3. The number of esters is 1. The smallest absolute Gasteiger partial charge is 0.374 e. The van der Waals surface area contributed by atoms with Gasteiger partial charge >= 0.3 is 5.97 Å². The van der Waals surface area contributed by atoms with Gasteiger partial charge in [-0.2, -0.15) is 0 Å². The molecule has 0 amide bonds. The quantitative estimate of drug-likeness (QED) is 0.748. The molecular weight excluding hydrogens is 216 g/mol.